The third-order valence-corrected chi connectivity index (χ3v) is 3.75. The maximum absolute atomic E-state index is 4.61. The number of aliphatic imine (C=N–C) groups is 1. The van der Waals surface area contributed by atoms with Gasteiger partial charge in [-0.25, -0.2) is 0 Å². The molecule has 1 aliphatic heterocycles. The van der Waals surface area contributed by atoms with E-state index in [1.165, 1.54) is 0 Å². The Hall–Kier alpha value is -0.860. The van der Waals surface area contributed by atoms with Crippen LogP contribution in [0, 0.1) is 18.8 Å². The Bertz CT molecular complexity index is 482. The lowest BCUT2D eigenvalue weighted by Crippen LogP contribution is -2.41. The first-order chi connectivity index (χ1) is 10.1. The molecule has 1 unspecified atom stereocenters. The molecule has 0 aromatic carbocycles. The summed E-state index contributed by atoms with van der Waals surface area (Å²) in [5, 5.41) is 15.2. The fourth-order valence-corrected chi connectivity index (χ4v) is 2.55. The molecule has 7 heteroatoms. The Morgan fingerprint density at radius 3 is 2.82 bits per heavy atom. The number of nitrogens with zero attached hydrogens (tertiary/aromatic N) is 4. The van der Waals surface area contributed by atoms with E-state index in [9.17, 15) is 0 Å². The Morgan fingerprint density at radius 2 is 2.14 bits per heavy atom. The van der Waals surface area contributed by atoms with Crippen LogP contribution in [0.4, 0.5) is 0 Å². The van der Waals surface area contributed by atoms with Gasteiger partial charge in [-0.2, -0.15) is 0 Å². The predicted molar refractivity (Wildman–Crippen MR) is 101 cm³/mol. The van der Waals surface area contributed by atoms with Crippen molar-refractivity contribution in [3.05, 3.63) is 11.6 Å². The van der Waals surface area contributed by atoms with Gasteiger partial charge in [0.15, 0.2) is 5.96 Å². The fraction of sp³-hybridized carbons (Fsp3) is 0.800. The van der Waals surface area contributed by atoms with Gasteiger partial charge in [0, 0.05) is 32.6 Å². The van der Waals surface area contributed by atoms with Gasteiger partial charge < -0.3 is 15.2 Å². The molecule has 22 heavy (non-hydrogen) atoms. The third-order valence-electron chi connectivity index (χ3n) is 3.75. The second-order valence-corrected chi connectivity index (χ2v) is 6.17. The standard InChI is InChI=1S/C15H28N6.HI/c1-5-16-15(17-8-11(2)3)18-9-13-6-7-14-20-19-12(4)21(14)10-13;/h11,13H,5-10H2,1-4H3,(H2,16,17,18);1H. The van der Waals surface area contributed by atoms with Crippen molar-refractivity contribution in [2.75, 3.05) is 19.6 Å². The van der Waals surface area contributed by atoms with Gasteiger partial charge in [-0.1, -0.05) is 13.8 Å². The number of hydrogen-bond donors (Lipinski definition) is 2. The topological polar surface area (TPSA) is 67.1 Å². The summed E-state index contributed by atoms with van der Waals surface area (Å²) < 4.78 is 2.24. The smallest absolute Gasteiger partial charge is 0.191 e. The highest BCUT2D eigenvalue weighted by atomic mass is 127. The molecule has 0 aliphatic carbocycles. The van der Waals surface area contributed by atoms with E-state index in [4.69, 9.17) is 0 Å². The minimum Gasteiger partial charge on any atom is -0.357 e. The number of aryl methyl sites for hydroxylation is 2. The summed E-state index contributed by atoms with van der Waals surface area (Å²) in [5.74, 6) is 4.27. The van der Waals surface area contributed by atoms with Crippen LogP contribution in [0.5, 0.6) is 0 Å². The van der Waals surface area contributed by atoms with Gasteiger partial charge in [-0.3, -0.25) is 4.99 Å². The van der Waals surface area contributed by atoms with E-state index in [2.05, 4.69) is 51.2 Å². The summed E-state index contributed by atoms with van der Waals surface area (Å²) in [6.45, 7) is 12.2. The number of fused-ring (bicyclic) bond motifs is 1. The third kappa shape index (κ3) is 5.40. The maximum atomic E-state index is 4.61. The lowest BCUT2D eigenvalue weighted by atomic mass is 9.99. The van der Waals surface area contributed by atoms with E-state index in [0.29, 0.717) is 11.8 Å². The van der Waals surface area contributed by atoms with Gasteiger partial charge in [0.25, 0.3) is 0 Å². The van der Waals surface area contributed by atoms with Gasteiger partial charge in [0.05, 0.1) is 0 Å². The normalized spacial score (nSPS) is 17.9. The van der Waals surface area contributed by atoms with Crippen molar-refractivity contribution in [3.8, 4) is 0 Å². The lowest BCUT2D eigenvalue weighted by molar-refractivity contribution is 0.358. The zero-order valence-electron chi connectivity index (χ0n) is 14.1. The molecule has 1 aromatic heterocycles. The largest absolute Gasteiger partial charge is 0.357 e. The van der Waals surface area contributed by atoms with Gasteiger partial charge in [-0.05, 0) is 32.1 Å². The lowest BCUT2D eigenvalue weighted by Gasteiger charge is -2.25. The molecule has 2 rings (SSSR count). The molecule has 0 bridgehead atoms. The molecule has 2 N–H and O–H groups in total. The summed E-state index contributed by atoms with van der Waals surface area (Å²) in [6, 6.07) is 0. The van der Waals surface area contributed by atoms with Crippen LogP contribution in [0.25, 0.3) is 0 Å². The number of aromatic nitrogens is 3. The Morgan fingerprint density at radius 1 is 1.36 bits per heavy atom. The van der Waals surface area contributed by atoms with Crippen LogP contribution in [0.1, 0.15) is 38.8 Å². The van der Waals surface area contributed by atoms with Crippen LogP contribution < -0.4 is 10.6 Å². The van der Waals surface area contributed by atoms with E-state index in [1.807, 2.05) is 6.92 Å². The zero-order chi connectivity index (χ0) is 15.2. The summed E-state index contributed by atoms with van der Waals surface area (Å²) in [6.07, 6.45) is 2.18. The van der Waals surface area contributed by atoms with E-state index < -0.39 is 0 Å². The average Bonchev–Trinajstić information content (AvgIpc) is 2.83. The maximum Gasteiger partial charge on any atom is 0.191 e. The molecule has 0 spiro atoms. The Balaban J connectivity index is 0.00000242. The molecule has 0 fully saturated rings. The molecular formula is C15H29IN6. The molecule has 126 valence electrons. The van der Waals surface area contributed by atoms with Crippen LogP contribution in [-0.4, -0.2) is 40.4 Å². The number of nitrogens with one attached hydrogen (secondary N) is 2. The number of halogens is 1. The van der Waals surface area contributed by atoms with Crippen molar-refractivity contribution in [3.63, 3.8) is 0 Å². The predicted octanol–water partition coefficient (Wildman–Crippen LogP) is 1.98. The Kier molecular flexibility index (Phi) is 8.13. The number of hydrogen-bond acceptors (Lipinski definition) is 3. The van der Waals surface area contributed by atoms with Crippen LogP contribution in [0.3, 0.4) is 0 Å². The van der Waals surface area contributed by atoms with Crippen LogP contribution in [0.15, 0.2) is 4.99 Å². The molecule has 0 amide bonds. The first kappa shape index (κ1) is 19.2. The van der Waals surface area contributed by atoms with Crippen molar-refractivity contribution in [2.45, 2.75) is 47.1 Å². The molecule has 6 nitrogen and oxygen atoms in total. The minimum atomic E-state index is 0. The zero-order valence-corrected chi connectivity index (χ0v) is 16.4. The van der Waals surface area contributed by atoms with Crippen LogP contribution in [-0.2, 0) is 13.0 Å². The molecule has 1 aliphatic rings. The van der Waals surface area contributed by atoms with Crippen LogP contribution >= 0.6 is 24.0 Å². The highest BCUT2D eigenvalue weighted by molar-refractivity contribution is 14.0. The minimum absolute atomic E-state index is 0. The molecule has 0 saturated heterocycles. The number of rotatable bonds is 5. The quantitative estimate of drug-likeness (QED) is 0.435. The van der Waals surface area contributed by atoms with Gasteiger partial charge >= 0.3 is 0 Å². The summed E-state index contributed by atoms with van der Waals surface area (Å²) in [7, 11) is 0. The van der Waals surface area contributed by atoms with Crippen LogP contribution in [0.2, 0.25) is 0 Å². The first-order valence-electron chi connectivity index (χ1n) is 8.01. The Labute approximate surface area is 150 Å². The molecule has 0 saturated carbocycles. The molecule has 2 heterocycles. The molecule has 1 atom stereocenters. The van der Waals surface area contributed by atoms with E-state index >= 15 is 0 Å². The fourth-order valence-electron chi connectivity index (χ4n) is 2.55. The SMILES string of the molecule is CCNC(=NCC(C)C)NCC1CCc2nnc(C)n2C1.I. The first-order valence-corrected chi connectivity index (χ1v) is 8.01. The van der Waals surface area contributed by atoms with Crippen molar-refractivity contribution < 1.29 is 0 Å². The molecular weight excluding hydrogens is 391 g/mol. The monoisotopic (exact) mass is 420 g/mol. The van der Waals surface area contributed by atoms with Crippen molar-refractivity contribution in [1.29, 1.82) is 0 Å². The van der Waals surface area contributed by atoms with Gasteiger partial charge in [-0.15, -0.1) is 34.2 Å². The van der Waals surface area contributed by atoms with E-state index in [0.717, 1.165) is 56.6 Å². The van der Waals surface area contributed by atoms with Crippen molar-refractivity contribution >= 4 is 29.9 Å². The van der Waals surface area contributed by atoms with Gasteiger partial charge in [0.1, 0.15) is 11.6 Å². The highest BCUT2D eigenvalue weighted by Gasteiger charge is 2.21. The van der Waals surface area contributed by atoms with Crippen molar-refractivity contribution in [2.24, 2.45) is 16.8 Å². The summed E-state index contributed by atoms with van der Waals surface area (Å²) in [4.78, 5) is 4.61. The van der Waals surface area contributed by atoms with E-state index in [1.54, 1.807) is 0 Å². The summed E-state index contributed by atoms with van der Waals surface area (Å²) >= 11 is 0. The highest BCUT2D eigenvalue weighted by Crippen LogP contribution is 2.19. The molecule has 0 radical (unpaired) electrons. The van der Waals surface area contributed by atoms with Gasteiger partial charge in [0.2, 0.25) is 0 Å². The number of guanidine groups is 1. The average molecular weight is 420 g/mol. The molecule has 1 aromatic rings. The van der Waals surface area contributed by atoms with Crippen molar-refractivity contribution in [1.82, 2.24) is 25.4 Å². The summed E-state index contributed by atoms with van der Waals surface area (Å²) in [5.41, 5.74) is 0. The second kappa shape index (κ2) is 9.32. The second-order valence-electron chi connectivity index (χ2n) is 6.17. The van der Waals surface area contributed by atoms with E-state index in [-0.39, 0.29) is 24.0 Å².